The van der Waals surface area contributed by atoms with Crippen molar-refractivity contribution in [3.8, 4) is 23.2 Å². The highest BCUT2D eigenvalue weighted by Crippen LogP contribution is 2.32. The molecule has 11 nitrogen and oxygen atoms in total. The van der Waals surface area contributed by atoms with Crippen molar-refractivity contribution in [2.75, 3.05) is 38.4 Å². The highest BCUT2D eigenvalue weighted by atomic mass is 35.5. The summed E-state index contributed by atoms with van der Waals surface area (Å²) in [4.78, 5) is 31.0. The molecule has 6 rings (SSSR count). The van der Waals surface area contributed by atoms with Crippen molar-refractivity contribution in [2.45, 2.75) is 25.6 Å². The van der Waals surface area contributed by atoms with Crippen LogP contribution >= 0.6 is 11.6 Å². The number of ether oxygens (including phenoxy) is 3. The summed E-state index contributed by atoms with van der Waals surface area (Å²) in [5, 5.41) is 3.39. The smallest absolute Gasteiger partial charge is 0.238 e. The fourth-order valence-electron chi connectivity index (χ4n) is 5.10. The van der Waals surface area contributed by atoms with Crippen LogP contribution in [0.5, 0.6) is 17.2 Å². The van der Waals surface area contributed by atoms with Gasteiger partial charge in [0.2, 0.25) is 18.6 Å². The number of piperazine rings is 1. The summed E-state index contributed by atoms with van der Waals surface area (Å²) in [6.45, 7) is 3.51. The normalized spacial score (nSPS) is 16.5. The second kappa shape index (κ2) is 12.0. The minimum absolute atomic E-state index is 0.0565. The molecule has 1 saturated heterocycles. The number of carbonyl (C=O) groups excluding carboxylic acids is 1. The average molecular weight is 576 g/mol. The largest absolute Gasteiger partial charge is 0.497 e. The topological polar surface area (TPSA) is 107 Å². The van der Waals surface area contributed by atoms with Gasteiger partial charge in [-0.25, -0.2) is 9.97 Å². The Labute approximate surface area is 242 Å². The number of carbonyl (C=O) groups is 1. The van der Waals surface area contributed by atoms with Gasteiger partial charge >= 0.3 is 0 Å². The highest BCUT2D eigenvalue weighted by Gasteiger charge is 2.30. The van der Waals surface area contributed by atoms with E-state index >= 15 is 0 Å². The fraction of sp³-hybridized carbons (Fsp3) is 0.310. The molecule has 2 aromatic carbocycles. The lowest BCUT2D eigenvalue weighted by Crippen LogP contribution is -2.54. The predicted octanol–water partition coefficient (Wildman–Crippen LogP) is 3.45. The number of halogens is 1. The molecule has 2 aliphatic rings. The molecule has 1 N–H and O–H groups in total. The molecule has 1 amide bonds. The number of nitrogens with zero attached hydrogens (tertiary/aromatic N) is 6. The minimum Gasteiger partial charge on any atom is -0.497 e. The molecule has 0 aliphatic carbocycles. The van der Waals surface area contributed by atoms with Crippen molar-refractivity contribution in [2.24, 2.45) is 0 Å². The lowest BCUT2D eigenvalue weighted by Gasteiger charge is -2.42. The molecule has 1 unspecified atom stereocenters. The maximum atomic E-state index is 13.3. The van der Waals surface area contributed by atoms with Gasteiger partial charge < -0.3 is 24.4 Å². The van der Waals surface area contributed by atoms with Crippen LogP contribution in [0, 0.1) is 0 Å². The van der Waals surface area contributed by atoms with Crippen molar-refractivity contribution < 1.29 is 19.0 Å². The molecule has 0 bridgehead atoms. The molecule has 0 spiro atoms. The van der Waals surface area contributed by atoms with E-state index in [1.54, 1.807) is 36.5 Å². The molecule has 4 aromatic rings. The molecule has 212 valence electrons. The van der Waals surface area contributed by atoms with Crippen LogP contribution in [0.2, 0.25) is 5.15 Å². The van der Waals surface area contributed by atoms with E-state index in [1.807, 2.05) is 30.3 Å². The molecule has 2 aliphatic heterocycles. The number of rotatable bonds is 9. The second-order valence-corrected chi connectivity index (χ2v) is 10.3. The summed E-state index contributed by atoms with van der Waals surface area (Å²) in [5.74, 6) is 3.28. The number of fused-ring (bicyclic) bond motifs is 1. The first-order valence-electron chi connectivity index (χ1n) is 13.3. The number of nitrogens with one attached hydrogen (secondary N) is 1. The number of methoxy groups -OCH3 is 1. The van der Waals surface area contributed by atoms with Crippen LogP contribution in [0.25, 0.3) is 5.95 Å². The van der Waals surface area contributed by atoms with Gasteiger partial charge in [-0.05, 0) is 35.4 Å². The van der Waals surface area contributed by atoms with Gasteiger partial charge in [-0.15, -0.1) is 0 Å². The molecular weight excluding hydrogens is 546 g/mol. The SMILES string of the molecule is COc1ccc(CN2CCN(c3cc(Cl)nc(-n4ccnc4)n3)C(CC(=O)NCc3ccc4c(c3)OCO4)C2)cc1. The van der Waals surface area contributed by atoms with E-state index in [0.717, 1.165) is 24.4 Å². The molecule has 12 heteroatoms. The number of imidazole rings is 1. The Kier molecular flexibility index (Phi) is 7.88. The van der Waals surface area contributed by atoms with Crippen LogP contribution in [-0.2, 0) is 17.9 Å². The van der Waals surface area contributed by atoms with Gasteiger partial charge in [-0.1, -0.05) is 29.8 Å². The van der Waals surface area contributed by atoms with E-state index in [9.17, 15) is 4.79 Å². The third-order valence-corrected chi connectivity index (χ3v) is 7.37. The average Bonchev–Trinajstić information content (AvgIpc) is 3.69. The number of amides is 1. The minimum atomic E-state index is -0.139. The molecule has 2 aromatic heterocycles. The van der Waals surface area contributed by atoms with Crippen molar-refractivity contribution in [1.82, 2.24) is 29.7 Å². The Morgan fingerprint density at radius 3 is 2.71 bits per heavy atom. The quantitative estimate of drug-likeness (QED) is 0.300. The number of anilines is 1. The second-order valence-electron chi connectivity index (χ2n) is 9.92. The first-order valence-corrected chi connectivity index (χ1v) is 13.7. The van der Waals surface area contributed by atoms with Crippen molar-refractivity contribution in [3.63, 3.8) is 0 Å². The molecular formula is C29H30ClN7O4. The van der Waals surface area contributed by atoms with Gasteiger partial charge in [-0.2, -0.15) is 4.98 Å². The van der Waals surface area contributed by atoms with Crippen LogP contribution in [0.3, 0.4) is 0 Å². The lowest BCUT2D eigenvalue weighted by atomic mass is 10.1. The van der Waals surface area contributed by atoms with Gasteiger partial charge in [0, 0.05) is 57.6 Å². The molecule has 0 radical (unpaired) electrons. The first kappa shape index (κ1) is 26.9. The first-order chi connectivity index (χ1) is 20.0. The molecule has 0 saturated carbocycles. The third-order valence-electron chi connectivity index (χ3n) is 7.18. The number of benzene rings is 2. The number of hydrogen-bond donors (Lipinski definition) is 1. The Morgan fingerprint density at radius 2 is 1.90 bits per heavy atom. The van der Waals surface area contributed by atoms with Gasteiger partial charge in [0.05, 0.1) is 13.2 Å². The fourth-order valence-corrected chi connectivity index (χ4v) is 5.27. The summed E-state index contributed by atoms with van der Waals surface area (Å²) in [6, 6.07) is 15.4. The van der Waals surface area contributed by atoms with Crippen molar-refractivity contribution in [3.05, 3.63) is 83.5 Å². The zero-order valence-electron chi connectivity index (χ0n) is 22.6. The van der Waals surface area contributed by atoms with Crippen LogP contribution < -0.4 is 24.4 Å². The van der Waals surface area contributed by atoms with Crippen molar-refractivity contribution >= 4 is 23.3 Å². The van der Waals surface area contributed by atoms with Gasteiger partial charge in [0.15, 0.2) is 11.5 Å². The monoisotopic (exact) mass is 575 g/mol. The molecule has 4 heterocycles. The van der Waals surface area contributed by atoms with E-state index < -0.39 is 0 Å². The Balaban J connectivity index is 1.19. The number of aromatic nitrogens is 4. The summed E-state index contributed by atoms with van der Waals surface area (Å²) in [6.07, 6.45) is 5.34. The van der Waals surface area contributed by atoms with Gasteiger partial charge in [-0.3, -0.25) is 14.3 Å². The third kappa shape index (κ3) is 6.36. The summed E-state index contributed by atoms with van der Waals surface area (Å²) in [5.41, 5.74) is 2.12. The van der Waals surface area contributed by atoms with E-state index in [2.05, 4.69) is 37.2 Å². The van der Waals surface area contributed by atoms with Crippen LogP contribution in [0.15, 0.2) is 67.3 Å². The number of hydrogen-bond acceptors (Lipinski definition) is 9. The predicted molar refractivity (Wildman–Crippen MR) is 153 cm³/mol. The Hall–Kier alpha value is -4.35. The van der Waals surface area contributed by atoms with Crippen LogP contribution in [0.4, 0.5) is 5.82 Å². The summed E-state index contributed by atoms with van der Waals surface area (Å²) in [7, 11) is 1.66. The van der Waals surface area contributed by atoms with E-state index in [4.69, 9.17) is 30.8 Å². The van der Waals surface area contributed by atoms with Crippen LogP contribution in [-0.4, -0.2) is 69.9 Å². The Morgan fingerprint density at radius 1 is 1.07 bits per heavy atom. The zero-order valence-corrected chi connectivity index (χ0v) is 23.3. The molecule has 1 fully saturated rings. The maximum Gasteiger partial charge on any atom is 0.238 e. The molecule has 41 heavy (non-hydrogen) atoms. The molecule has 1 atom stereocenters. The summed E-state index contributed by atoms with van der Waals surface area (Å²) >= 11 is 6.43. The van der Waals surface area contributed by atoms with E-state index in [1.165, 1.54) is 5.56 Å². The lowest BCUT2D eigenvalue weighted by molar-refractivity contribution is -0.121. The highest BCUT2D eigenvalue weighted by molar-refractivity contribution is 6.29. The Bertz CT molecular complexity index is 1500. The van der Waals surface area contributed by atoms with Gasteiger partial charge in [0.25, 0.3) is 0 Å². The van der Waals surface area contributed by atoms with Crippen molar-refractivity contribution in [1.29, 1.82) is 0 Å². The standard InChI is InChI=1S/C29H30ClN7O4/c1-39-23-5-2-20(3-6-23)16-35-10-11-37(27-14-26(30)33-29(34-27)36-9-8-31-18-36)22(17-35)13-28(38)32-15-21-4-7-24-25(12-21)41-19-40-24/h2-9,12,14,18,22H,10-11,13,15-17,19H2,1H3,(H,32,38). The summed E-state index contributed by atoms with van der Waals surface area (Å²) < 4.78 is 17.9. The van der Waals surface area contributed by atoms with E-state index in [-0.39, 0.29) is 25.2 Å². The maximum absolute atomic E-state index is 13.3. The van der Waals surface area contributed by atoms with Gasteiger partial charge in [0.1, 0.15) is 23.0 Å². The van der Waals surface area contributed by atoms with Crippen LogP contribution in [0.1, 0.15) is 17.5 Å². The zero-order chi connectivity index (χ0) is 28.2. The van der Waals surface area contributed by atoms with E-state index in [0.29, 0.717) is 48.1 Å².